The molecule has 0 heterocycles. The Labute approximate surface area is 74.9 Å². The lowest BCUT2D eigenvalue weighted by atomic mass is 9.89. The quantitative estimate of drug-likeness (QED) is 0.600. The fraction of sp³-hybridized carbons (Fsp3) is 1.00. The topological polar surface area (TPSA) is 29.1 Å². The summed E-state index contributed by atoms with van der Waals surface area (Å²) >= 11 is 0. The van der Waals surface area contributed by atoms with Crippen molar-refractivity contribution in [3.05, 3.63) is 0 Å². The molecule has 0 N–H and O–H groups in total. The van der Waals surface area contributed by atoms with Crippen LogP contribution in [0.5, 0.6) is 0 Å². The molecular formula is C10H19O2. The van der Waals surface area contributed by atoms with Gasteiger partial charge in [-0.3, -0.25) is 0 Å². The molecule has 1 aliphatic rings. The molecule has 0 aromatic carbocycles. The Kier molecular flexibility index (Phi) is 4.02. The number of hydrogen-bond acceptors (Lipinski definition) is 1. The highest BCUT2D eigenvalue weighted by molar-refractivity contribution is 4.68. The summed E-state index contributed by atoms with van der Waals surface area (Å²) in [6.45, 7) is 3.85. The van der Waals surface area contributed by atoms with E-state index in [-0.39, 0.29) is 12.0 Å². The van der Waals surface area contributed by atoms with Gasteiger partial charge in [0.1, 0.15) is 0 Å². The van der Waals surface area contributed by atoms with Crippen LogP contribution in [-0.2, 0) is 9.84 Å². The van der Waals surface area contributed by atoms with Crippen molar-refractivity contribution in [3.8, 4) is 0 Å². The third-order valence-corrected chi connectivity index (χ3v) is 2.44. The molecule has 71 valence electrons. The molecule has 0 aromatic heterocycles. The summed E-state index contributed by atoms with van der Waals surface area (Å²) in [6.07, 6.45) is 5.17. The zero-order valence-electron chi connectivity index (χ0n) is 8.08. The first kappa shape index (κ1) is 10.0. The van der Waals surface area contributed by atoms with E-state index in [4.69, 9.17) is 4.74 Å². The lowest BCUT2D eigenvalue weighted by molar-refractivity contribution is -0.196. The summed E-state index contributed by atoms with van der Waals surface area (Å²) in [6, 6.07) is 0. The average Bonchev–Trinajstić information content (AvgIpc) is 2.05. The van der Waals surface area contributed by atoms with Crippen LogP contribution in [0.25, 0.3) is 0 Å². The monoisotopic (exact) mass is 171 g/mol. The van der Waals surface area contributed by atoms with E-state index < -0.39 is 6.29 Å². The highest BCUT2D eigenvalue weighted by Gasteiger charge is 2.24. The predicted octanol–water partition coefficient (Wildman–Crippen LogP) is 2.75. The smallest absolute Gasteiger partial charge is 0.194 e. The molecule has 0 spiro atoms. The molecule has 1 aliphatic carbocycles. The van der Waals surface area contributed by atoms with E-state index in [0.29, 0.717) is 0 Å². The van der Waals surface area contributed by atoms with Crippen LogP contribution in [0, 0.1) is 5.92 Å². The van der Waals surface area contributed by atoms with E-state index in [0.717, 1.165) is 12.8 Å². The van der Waals surface area contributed by atoms with Crippen molar-refractivity contribution >= 4 is 0 Å². The molecule has 2 nitrogen and oxygen atoms in total. The van der Waals surface area contributed by atoms with Crippen LogP contribution in [-0.4, -0.2) is 12.4 Å². The summed E-state index contributed by atoms with van der Waals surface area (Å²) in [4.78, 5) is 0. The van der Waals surface area contributed by atoms with E-state index in [2.05, 4.69) is 0 Å². The summed E-state index contributed by atoms with van der Waals surface area (Å²) < 4.78 is 5.23. The zero-order chi connectivity index (χ0) is 8.97. The minimum atomic E-state index is -0.773. The number of rotatable bonds is 3. The van der Waals surface area contributed by atoms with Gasteiger partial charge in [-0.15, -0.1) is 0 Å². The highest BCUT2D eigenvalue weighted by Crippen LogP contribution is 2.27. The molecule has 1 unspecified atom stereocenters. The van der Waals surface area contributed by atoms with Gasteiger partial charge in [0.25, 0.3) is 0 Å². The maximum Gasteiger partial charge on any atom is 0.194 e. The van der Waals surface area contributed by atoms with Crippen LogP contribution in [0.1, 0.15) is 46.0 Å². The van der Waals surface area contributed by atoms with Gasteiger partial charge in [-0.05, 0) is 26.7 Å². The van der Waals surface area contributed by atoms with Crippen LogP contribution >= 0.6 is 0 Å². The summed E-state index contributed by atoms with van der Waals surface area (Å²) in [5, 5.41) is 11.5. The molecule has 1 atom stereocenters. The van der Waals surface area contributed by atoms with Gasteiger partial charge in [0.15, 0.2) is 6.29 Å². The average molecular weight is 171 g/mol. The molecule has 12 heavy (non-hydrogen) atoms. The van der Waals surface area contributed by atoms with Gasteiger partial charge in [0, 0.05) is 5.92 Å². The van der Waals surface area contributed by atoms with Crippen LogP contribution in [0.3, 0.4) is 0 Å². The van der Waals surface area contributed by atoms with Crippen molar-refractivity contribution in [2.24, 2.45) is 5.92 Å². The maximum absolute atomic E-state index is 11.5. The molecule has 0 amide bonds. The Morgan fingerprint density at radius 2 is 1.75 bits per heavy atom. The molecule has 2 heteroatoms. The number of ether oxygens (including phenoxy) is 1. The molecule has 1 saturated carbocycles. The van der Waals surface area contributed by atoms with E-state index in [1.807, 2.05) is 13.8 Å². The Bertz CT molecular complexity index is 117. The largest absolute Gasteiger partial charge is 0.347 e. The molecule has 0 aliphatic heterocycles. The molecule has 1 rings (SSSR count). The molecule has 1 fully saturated rings. The Morgan fingerprint density at radius 1 is 1.17 bits per heavy atom. The SMILES string of the molecule is CC(C)OC([O])C1CCCCC1. The molecule has 1 radical (unpaired) electrons. The second-order valence-corrected chi connectivity index (χ2v) is 3.95. The normalized spacial score (nSPS) is 23.0. The van der Waals surface area contributed by atoms with Crippen molar-refractivity contribution in [2.45, 2.75) is 58.3 Å². The molecule has 0 aromatic rings. The predicted molar refractivity (Wildman–Crippen MR) is 47.3 cm³/mol. The Balaban J connectivity index is 2.24. The Morgan fingerprint density at radius 3 is 2.25 bits per heavy atom. The first-order chi connectivity index (χ1) is 5.70. The summed E-state index contributed by atoms with van der Waals surface area (Å²) in [7, 11) is 0. The second kappa shape index (κ2) is 4.83. The summed E-state index contributed by atoms with van der Waals surface area (Å²) in [5.41, 5.74) is 0. The summed E-state index contributed by atoms with van der Waals surface area (Å²) in [5.74, 6) is 0.279. The van der Waals surface area contributed by atoms with Gasteiger partial charge in [0.2, 0.25) is 0 Å². The van der Waals surface area contributed by atoms with Gasteiger partial charge < -0.3 is 4.74 Å². The van der Waals surface area contributed by atoms with Crippen molar-refractivity contribution < 1.29 is 9.84 Å². The lowest BCUT2D eigenvalue weighted by Gasteiger charge is -2.26. The van der Waals surface area contributed by atoms with Crippen molar-refractivity contribution in [1.82, 2.24) is 0 Å². The third kappa shape index (κ3) is 3.11. The molecule has 0 saturated heterocycles. The fourth-order valence-corrected chi connectivity index (χ4v) is 1.79. The zero-order valence-corrected chi connectivity index (χ0v) is 8.08. The first-order valence-corrected chi connectivity index (χ1v) is 5.01. The van der Waals surface area contributed by atoms with Gasteiger partial charge in [-0.25, -0.2) is 5.11 Å². The number of hydrogen-bond donors (Lipinski definition) is 0. The van der Waals surface area contributed by atoms with Crippen LogP contribution in [0.4, 0.5) is 0 Å². The van der Waals surface area contributed by atoms with E-state index >= 15 is 0 Å². The lowest BCUT2D eigenvalue weighted by Crippen LogP contribution is -2.27. The van der Waals surface area contributed by atoms with Gasteiger partial charge >= 0.3 is 0 Å². The van der Waals surface area contributed by atoms with Crippen LogP contribution < -0.4 is 0 Å². The maximum atomic E-state index is 11.5. The van der Waals surface area contributed by atoms with Gasteiger partial charge in [-0.2, -0.15) is 0 Å². The minimum absolute atomic E-state index is 0.0782. The highest BCUT2D eigenvalue weighted by atomic mass is 16.6. The van der Waals surface area contributed by atoms with Crippen LogP contribution in [0.15, 0.2) is 0 Å². The van der Waals surface area contributed by atoms with E-state index in [9.17, 15) is 5.11 Å². The van der Waals surface area contributed by atoms with E-state index in [1.165, 1.54) is 19.3 Å². The molecule has 0 bridgehead atoms. The van der Waals surface area contributed by atoms with Crippen molar-refractivity contribution in [3.63, 3.8) is 0 Å². The fourth-order valence-electron chi connectivity index (χ4n) is 1.79. The van der Waals surface area contributed by atoms with Crippen LogP contribution in [0.2, 0.25) is 0 Å². The third-order valence-electron chi connectivity index (χ3n) is 2.44. The second-order valence-electron chi connectivity index (χ2n) is 3.95. The van der Waals surface area contributed by atoms with E-state index in [1.54, 1.807) is 0 Å². The van der Waals surface area contributed by atoms with Crippen molar-refractivity contribution in [2.75, 3.05) is 0 Å². The standard InChI is InChI=1S/C10H19O2/c1-8(2)12-10(11)9-6-4-3-5-7-9/h8-10H,3-7H2,1-2H3. The Hall–Kier alpha value is -0.0800. The van der Waals surface area contributed by atoms with Gasteiger partial charge in [-0.1, -0.05) is 19.3 Å². The van der Waals surface area contributed by atoms with Crippen molar-refractivity contribution in [1.29, 1.82) is 0 Å². The molecular weight excluding hydrogens is 152 g/mol. The minimum Gasteiger partial charge on any atom is -0.347 e. The van der Waals surface area contributed by atoms with Gasteiger partial charge in [0.05, 0.1) is 6.10 Å². The first-order valence-electron chi connectivity index (χ1n) is 5.01.